The van der Waals surface area contributed by atoms with Crippen LogP contribution in [0.5, 0.6) is 5.75 Å². The van der Waals surface area contributed by atoms with Crippen LogP contribution in [0.1, 0.15) is 42.4 Å². The van der Waals surface area contributed by atoms with Gasteiger partial charge in [-0.1, -0.05) is 72.5 Å². The third-order valence-electron chi connectivity index (χ3n) is 7.60. The van der Waals surface area contributed by atoms with Gasteiger partial charge in [-0.2, -0.15) is 0 Å². The van der Waals surface area contributed by atoms with Crippen LogP contribution in [0.3, 0.4) is 0 Å². The van der Waals surface area contributed by atoms with Crippen molar-refractivity contribution in [2.45, 2.75) is 44.8 Å². The van der Waals surface area contributed by atoms with E-state index in [4.69, 9.17) is 4.74 Å². The fraction of sp³-hybridized carbons (Fsp3) is 0.353. The van der Waals surface area contributed by atoms with E-state index in [-0.39, 0.29) is 11.9 Å². The monoisotopic (exact) mass is 535 g/mol. The fourth-order valence-electron chi connectivity index (χ4n) is 5.34. The van der Waals surface area contributed by atoms with Gasteiger partial charge >= 0.3 is 6.03 Å². The van der Waals surface area contributed by atoms with Gasteiger partial charge in [-0.3, -0.25) is 9.69 Å². The summed E-state index contributed by atoms with van der Waals surface area (Å²) in [5.74, 6) is 7.08. The maximum absolute atomic E-state index is 13.5. The quantitative estimate of drug-likeness (QED) is 0.245. The van der Waals surface area contributed by atoms with E-state index in [1.807, 2.05) is 84.9 Å². The second-order valence-electron chi connectivity index (χ2n) is 10.4. The number of imide groups is 1. The topological polar surface area (TPSA) is 53.1 Å². The molecule has 6 nitrogen and oxygen atoms in total. The Hall–Kier alpha value is -4.08. The Bertz CT molecular complexity index is 1310. The molecule has 2 aliphatic heterocycles. The average Bonchev–Trinajstić information content (AvgIpc) is 3.59. The van der Waals surface area contributed by atoms with Crippen LogP contribution in [0.15, 0.2) is 84.9 Å². The summed E-state index contributed by atoms with van der Waals surface area (Å²) in [6.07, 6.45) is 4.19. The molecule has 0 unspecified atom stereocenters. The highest BCUT2D eigenvalue weighted by atomic mass is 16.5. The van der Waals surface area contributed by atoms with Gasteiger partial charge in [-0.15, -0.1) is 0 Å². The minimum atomic E-state index is -0.460. The van der Waals surface area contributed by atoms with E-state index in [1.165, 1.54) is 17.7 Å². The number of nitrogens with zero attached hydrogens (tertiary/aromatic N) is 3. The van der Waals surface area contributed by atoms with E-state index >= 15 is 0 Å². The second-order valence-corrected chi connectivity index (χ2v) is 10.4. The Morgan fingerprint density at radius 1 is 0.775 bits per heavy atom. The molecule has 206 valence electrons. The summed E-state index contributed by atoms with van der Waals surface area (Å²) in [6, 6.07) is 27.3. The SMILES string of the molecule is O=C1[C@H](CCc2ccc(OCc3ccccc3)cc2)N(CCC#Cc2ccccc2)C(=O)N1CCN1CCCC1. The van der Waals surface area contributed by atoms with E-state index in [2.05, 4.69) is 16.7 Å². The van der Waals surface area contributed by atoms with Gasteiger partial charge in [0.1, 0.15) is 18.4 Å². The van der Waals surface area contributed by atoms with Gasteiger partial charge in [0.2, 0.25) is 0 Å². The lowest BCUT2D eigenvalue weighted by molar-refractivity contribution is -0.128. The molecule has 2 saturated heterocycles. The van der Waals surface area contributed by atoms with Gasteiger partial charge < -0.3 is 14.5 Å². The summed E-state index contributed by atoms with van der Waals surface area (Å²) in [5, 5.41) is 0. The molecule has 0 N–H and O–H groups in total. The van der Waals surface area contributed by atoms with Crippen molar-refractivity contribution < 1.29 is 14.3 Å². The summed E-state index contributed by atoms with van der Waals surface area (Å²) >= 11 is 0. The number of hydrogen-bond acceptors (Lipinski definition) is 4. The molecule has 2 aliphatic rings. The highest BCUT2D eigenvalue weighted by molar-refractivity contribution is 6.04. The minimum Gasteiger partial charge on any atom is -0.489 e. The van der Waals surface area contributed by atoms with Crippen LogP contribution >= 0.6 is 0 Å². The van der Waals surface area contributed by atoms with E-state index in [0.717, 1.165) is 42.1 Å². The largest absolute Gasteiger partial charge is 0.489 e. The molecule has 0 aliphatic carbocycles. The van der Waals surface area contributed by atoms with Crippen molar-refractivity contribution in [3.05, 3.63) is 102 Å². The molecular weight excluding hydrogens is 498 g/mol. The molecule has 0 spiro atoms. The van der Waals surface area contributed by atoms with Gasteiger partial charge in [0.25, 0.3) is 5.91 Å². The van der Waals surface area contributed by atoms with Crippen LogP contribution in [0.4, 0.5) is 4.79 Å². The second kappa shape index (κ2) is 13.8. The van der Waals surface area contributed by atoms with Crippen molar-refractivity contribution in [1.82, 2.24) is 14.7 Å². The Morgan fingerprint density at radius 3 is 2.20 bits per heavy atom. The summed E-state index contributed by atoms with van der Waals surface area (Å²) < 4.78 is 5.91. The van der Waals surface area contributed by atoms with Crippen LogP contribution in [-0.4, -0.2) is 65.4 Å². The van der Waals surface area contributed by atoms with E-state index in [9.17, 15) is 9.59 Å². The summed E-state index contributed by atoms with van der Waals surface area (Å²) in [4.78, 5) is 32.4. The van der Waals surface area contributed by atoms with E-state index in [0.29, 0.717) is 39.0 Å². The first kappa shape index (κ1) is 27.5. The maximum atomic E-state index is 13.5. The van der Waals surface area contributed by atoms with Crippen molar-refractivity contribution in [3.63, 3.8) is 0 Å². The van der Waals surface area contributed by atoms with Crippen LogP contribution in [0, 0.1) is 11.8 Å². The summed E-state index contributed by atoms with van der Waals surface area (Å²) in [6.45, 7) is 4.26. The highest BCUT2D eigenvalue weighted by Crippen LogP contribution is 2.24. The molecule has 5 rings (SSSR count). The van der Waals surface area contributed by atoms with E-state index < -0.39 is 6.04 Å². The molecule has 3 amide bonds. The number of aryl methyl sites for hydroxylation is 1. The molecule has 0 bridgehead atoms. The van der Waals surface area contributed by atoms with Crippen molar-refractivity contribution >= 4 is 11.9 Å². The van der Waals surface area contributed by atoms with Crippen LogP contribution in [-0.2, 0) is 17.8 Å². The van der Waals surface area contributed by atoms with Crippen LogP contribution in [0.25, 0.3) is 0 Å². The van der Waals surface area contributed by atoms with Crippen molar-refractivity contribution in [3.8, 4) is 17.6 Å². The minimum absolute atomic E-state index is 0.0805. The standard InChI is InChI=1S/C34H37N3O3/c38-33-32(21-18-29-16-19-31(20-17-29)40-27-30-14-5-2-6-15-30)36(24-8-7-13-28-11-3-1-4-12-28)34(39)37(33)26-25-35-22-9-10-23-35/h1-6,11-12,14-17,19-20,32H,8-10,18,21-27H2/t32-/m0/s1. The molecule has 0 saturated carbocycles. The molecule has 0 radical (unpaired) electrons. The number of amides is 3. The molecule has 3 aromatic carbocycles. The summed E-state index contributed by atoms with van der Waals surface area (Å²) in [5.41, 5.74) is 3.19. The Balaban J connectivity index is 1.20. The zero-order chi connectivity index (χ0) is 27.6. The lowest BCUT2D eigenvalue weighted by Crippen LogP contribution is -2.39. The van der Waals surface area contributed by atoms with Crippen molar-refractivity contribution in [1.29, 1.82) is 0 Å². The molecule has 3 aromatic rings. The van der Waals surface area contributed by atoms with Crippen LogP contribution in [0.2, 0.25) is 0 Å². The first-order valence-corrected chi connectivity index (χ1v) is 14.3. The molecule has 40 heavy (non-hydrogen) atoms. The predicted octanol–water partition coefficient (Wildman–Crippen LogP) is 5.37. The number of rotatable bonds is 11. The van der Waals surface area contributed by atoms with Crippen molar-refractivity contribution in [2.75, 3.05) is 32.7 Å². The zero-order valence-electron chi connectivity index (χ0n) is 23.0. The Kier molecular flexibility index (Phi) is 9.50. The smallest absolute Gasteiger partial charge is 0.327 e. The average molecular weight is 536 g/mol. The third-order valence-corrected chi connectivity index (χ3v) is 7.60. The first-order chi connectivity index (χ1) is 19.7. The third kappa shape index (κ3) is 7.31. The first-order valence-electron chi connectivity index (χ1n) is 14.3. The molecule has 0 aromatic heterocycles. The zero-order valence-corrected chi connectivity index (χ0v) is 23.0. The highest BCUT2D eigenvalue weighted by Gasteiger charge is 2.44. The lowest BCUT2D eigenvalue weighted by atomic mass is 10.0. The molecule has 2 heterocycles. The number of hydrogen-bond donors (Lipinski definition) is 0. The number of likely N-dealkylation sites (tertiary alicyclic amines) is 1. The van der Waals surface area contributed by atoms with Gasteiger partial charge in [0, 0.05) is 31.6 Å². The Labute approximate surface area is 237 Å². The van der Waals surface area contributed by atoms with Gasteiger partial charge in [0.15, 0.2) is 0 Å². The maximum Gasteiger partial charge on any atom is 0.327 e. The molecule has 1 atom stereocenters. The number of carbonyl (C=O) groups excluding carboxylic acids is 2. The van der Waals surface area contributed by atoms with Gasteiger partial charge in [-0.25, -0.2) is 4.79 Å². The van der Waals surface area contributed by atoms with Gasteiger partial charge in [-0.05, 0) is 74.2 Å². The Morgan fingerprint density at radius 2 is 1.48 bits per heavy atom. The number of benzene rings is 3. The fourth-order valence-corrected chi connectivity index (χ4v) is 5.34. The predicted molar refractivity (Wildman–Crippen MR) is 157 cm³/mol. The molecular formula is C34H37N3O3. The number of urea groups is 1. The van der Waals surface area contributed by atoms with Crippen molar-refractivity contribution in [2.24, 2.45) is 0 Å². The normalized spacial score (nSPS) is 17.2. The van der Waals surface area contributed by atoms with E-state index in [1.54, 1.807) is 4.90 Å². The lowest BCUT2D eigenvalue weighted by Gasteiger charge is -2.21. The number of carbonyl (C=O) groups is 2. The molecule has 6 heteroatoms. The van der Waals surface area contributed by atoms with Gasteiger partial charge in [0.05, 0.1) is 0 Å². The summed E-state index contributed by atoms with van der Waals surface area (Å²) in [7, 11) is 0. The number of ether oxygens (including phenoxy) is 1. The molecule has 2 fully saturated rings. The van der Waals surface area contributed by atoms with Crippen LogP contribution < -0.4 is 4.74 Å².